The lowest BCUT2D eigenvalue weighted by molar-refractivity contribution is 0.195. The maximum Gasteiger partial charge on any atom is 0.123 e. The van der Waals surface area contributed by atoms with Crippen LogP contribution in [0.4, 0.5) is 5.69 Å². The monoisotopic (exact) mass is 233 g/mol. The number of aromatic hydroxyl groups is 1. The lowest BCUT2D eigenvalue weighted by Gasteiger charge is -2.29. The van der Waals surface area contributed by atoms with E-state index in [0.29, 0.717) is 11.6 Å². The van der Waals surface area contributed by atoms with Gasteiger partial charge in [0, 0.05) is 29.9 Å². The minimum Gasteiger partial charge on any atom is -0.507 e. The quantitative estimate of drug-likeness (QED) is 0.824. The molecule has 2 bridgehead atoms. The van der Waals surface area contributed by atoms with Gasteiger partial charge in [0.15, 0.2) is 0 Å². The zero-order valence-electron chi connectivity index (χ0n) is 10.1. The topological polar surface area (TPSA) is 43.7 Å². The highest BCUT2D eigenvalue weighted by atomic mass is 16.3. The number of rotatable bonds is 2. The molecule has 3 rings (SSSR count). The Kier molecular flexibility index (Phi) is 2.51. The molecule has 1 saturated heterocycles. The standard InChI is InChI=1S/C14H19NO2/c1-9(16)13-5-4-12(7-14(13)17)15-8-10-2-3-11(15)6-10/h4-5,7,9-11,16-17H,2-3,6,8H2,1H3. The van der Waals surface area contributed by atoms with Gasteiger partial charge in [-0.05, 0) is 38.2 Å². The van der Waals surface area contributed by atoms with Crippen molar-refractivity contribution in [2.24, 2.45) is 5.92 Å². The maximum atomic E-state index is 9.91. The fourth-order valence-electron chi connectivity index (χ4n) is 3.30. The minimum atomic E-state index is -0.612. The molecule has 1 aromatic rings. The number of benzene rings is 1. The molecule has 3 atom stereocenters. The van der Waals surface area contributed by atoms with Crippen molar-refractivity contribution < 1.29 is 10.2 Å². The number of phenols is 1. The van der Waals surface area contributed by atoms with Crippen LogP contribution in [-0.4, -0.2) is 22.8 Å². The second-order valence-electron chi connectivity index (χ2n) is 5.40. The predicted molar refractivity (Wildman–Crippen MR) is 67.2 cm³/mol. The second-order valence-corrected chi connectivity index (χ2v) is 5.40. The number of hydrogen-bond donors (Lipinski definition) is 2. The lowest BCUT2D eigenvalue weighted by Crippen LogP contribution is -2.31. The van der Waals surface area contributed by atoms with Crippen LogP contribution in [0.15, 0.2) is 18.2 Å². The highest BCUT2D eigenvalue weighted by Crippen LogP contribution is 2.41. The first kappa shape index (κ1) is 10.9. The van der Waals surface area contributed by atoms with Crippen molar-refractivity contribution in [1.29, 1.82) is 0 Å². The van der Waals surface area contributed by atoms with E-state index in [-0.39, 0.29) is 5.75 Å². The Morgan fingerprint density at radius 2 is 2.18 bits per heavy atom. The Labute approximate surface area is 102 Å². The van der Waals surface area contributed by atoms with Crippen LogP contribution in [0.3, 0.4) is 0 Å². The number of hydrogen-bond acceptors (Lipinski definition) is 3. The van der Waals surface area contributed by atoms with Gasteiger partial charge in [0.2, 0.25) is 0 Å². The van der Waals surface area contributed by atoms with Crippen molar-refractivity contribution in [1.82, 2.24) is 0 Å². The first-order valence-corrected chi connectivity index (χ1v) is 6.43. The van der Waals surface area contributed by atoms with E-state index < -0.39 is 6.10 Å². The molecular weight excluding hydrogens is 214 g/mol. The van der Waals surface area contributed by atoms with Gasteiger partial charge in [0.25, 0.3) is 0 Å². The summed E-state index contributed by atoms with van der Waals surface area (Å²) in [5.74, 6) is 1.05. The number of anilines is 1. The highest BCUT2D eigenvalue weighted by molar-refractivity contribution is 5.55. The van der Waals surface area contributed by atoms with Crippen molar-refractivity contribution >= 4 is 5.69 Å². The first-order chi connectivity index (χ1) is 8.15. The van der Waals surface area contributed by atoms with Gasteiger partial charge in [0.05, 0.1) is 6.10 Å². The number of piperidine rings is 1. The SMILES string of the molecule is CC(O)c1ccc(N2CC3CCC2C3)cc1O. The summed E-state index contributed by atoms with van der Waals surface area (Å²) < 4.78 is 0. The lowest BCUT2D eigenvalue weighted by atomic mass is 10.1. The molecule has 2 N–H and O–H groups in total. The Morgan fingerprint density at radius 3 is 2.71 bits per heavy atom. The molecule has 0 spiro atoms. The molecule has 3 unspecified atom stereocenters. The van der Waals surface area contributed by atoms with Crippen LogP contribution in [0.2, 0.25) is 0 Å². The van der Waals surface area contributed by atoms with E-state index in [9.17, 15) is 10.2 Å². The molecule has 1 aliphatic carbocycles. The molecule has 0 radical (unpaired) electrons. The van der Waals surface area contributed by atoms with Crippen molar-refractivity contribution in [2.75, 3.05) is 11.4 Å². The van der Waals surface area contributed by atoms with E-state index in [2.05, 4.69) is 4.90 Å². The molecular formula is C14H19NO2. The minimum absolute atomic E-state index is 0.209. The van der Waals surface area contributed by atoms with Crippen molar-refractivity contribution in [3.05, 3.63) is 23.8 Å². The van der Waals surface area contributed by atoms with Gasteiger partial charge in [-0.25, -0.2) is 0 Å². The Bertz CT molecular complexity index is 430. The zero-order chi connectivity index (χ0) is 12.0. The first-order valence-electron chi connectivity index (χ1n) is 6.43. The molecule has 17 heavy (non-hydrogen) atoms. The van der Waals surface area contributed by atoms with Gasteiger partial charge in [-0.15, -0.1) is 0 Å². The van der Waals surface area contributed by atoms with Crippen molar-refractivity contribution in [2.45, 2.75) is 38.3 Å². The molecule has 92 valence electrons. The summed E-state index contributed by atoms with van der Waals surface area (Å²) >= 11 is 0. The fraction of sp³-hybridized carbons (Fsp3) is 0.571. The Balaban J connectivity index is 1.87. The third-order valence-corrected chi connectivity index (χ3v) is 4.20. The molecule has 0 amide bonds. The Hall–Kier alpha value is -1.22. The van der Waals surface area contributed by atoms with Crippen LogP contribution >= 0.6 is 0 Å². The molecule has 0 aromatic heterocycles. The second kappa shape index (κ2) is 3.91. The van der Waals surface area contributed by atoms with Gasteiger partial charge in [-0.1, -0.05) is 6.07 Å². The fourth-order valence-corrected chi connectivity index (χ4v) is 3.30. The summed E-state index contributed by atoms with van der Waals surface area (Å²) in [5, 5.41) is 19.4. The summed E-state index contributed by atoms with van der Waals surface area (Å²) in [7, 11) is 0. The molecule has 2 aliphatic rings. The van der Waals surface area contributed by atoms with E-state index in [4.69, 9.17) is 0 Å². The van der Waals surface area contributed by atoms with Crippen LogP contribution in [0.1, 0.15) is 37.9 Å². The van der Waals surface area contributed by atoms with E-state index >= 15 is 0 Å². The van der Waals surface area contributed by atoms with Crippen molar-refractivity contribution in [3.8, 4) is 5.75 Å². The summed E-state index contributed by atoms with van der Waals surface area (Å²) in [6.07, 6.45) is 3.33. The molecule has 1 heterocycles. The van der Waals surface area contributed by atoms with E-state index in [1.54, 1.807) is 13.0 Å². The molecule has 1 aromatic carbocycles. The van der Waals surface area contributed by atoms with Gasteiger partial charge < -0.3 is 15.1 Å². The number of aliphatic hydroxyl groups excluding tert-OH is 1. The zero-order valence-corrected chi connectivity index (χ0v) is 10.1. The molecule has 1 saturated carbocycles. The van der Waals surface area contributed by atoms with Crippen LogP contribution in [-0.2, 0) is 0 Å². The molecule has 1 aliphatic heterocycles. The van der Waals surface area contributed by atoms with E-state index in [1.807, 2.05) is 12.1 Å². The summed E-state index contributed by atoms with van der Waals surface area (Å²) in [6, 6.07) is 6.31. The van der Waals surface area contributed by atoms with Crippen molar-refractivity contribution in [3.63, 3.8) is 0 Å². The van der Waals surface area contributed by atoms with Gasteiger partial charge in [0.1, 0.15) is 5.75 Å². The average Bonchev–Trinajstić information content (AvgIpc) is 2.89. The summed E-state index contributed by atoms with van der Waals surface area (Å²) in [5.41, 5.74) is 1.71. The average molecular weight is 233 g/mol. The largest absolute Gasteiger partial charge is 0.507 e. The molecule has 3 nitrogen and oxygen atoms in total. The predicted octanol–water partition coefficient (Wildman–Crippen LogP) is 2.43. The van der Waals surface area contributed by atoms with E-state index in [1.165, 1.54) is 19.3 Å². The van der Waals surface area contributed by atoms with Gasteiger partial charge >= 0.3 is 0 Å². The third kappa shape index (κ3) is 1.78. The van der Waals surface area contributed by atoms with Crippen LogP contribution in [0, 0.1) is 5.92 Å². The normalized spacial score (nSPS) is 28.7. The van der Waals surface area contributed by atoms with Crippen LogP contribution < -0.4 is 4.90 Å². The number of fused-ring (bicyclic) bond motifs is 2. The van der Waals surface area contributed by atoms with Crippen LogP contribution in [0.5, 0.6) is 5.75 Å². The number of nitrogens with zero attached hydrogens (tertiary/aromatic N) is 1. The molecule has 2 fully saturated rings. The highest BCUT2D eigenvalue weighted by Gasteiger charge is 2.37. The third-order valence-electron chi connectivity index (χ3n) is 4.20. The summed E-state index contributed by atoms with van der Waals surface area (Å²) in [4.78, 5) is 2.40. The smallest absolute Gasteiger partial charge is 0.123 e. The maximum absolute atomic E-state index is 9.91. The molecule has 3 heteroatoms. The van der Waals surface area contributed by atoms with Crippen LogP contribution in [0.25, 0.3) is 0 Å². The Morgan fingerprint density at radius 1 is 1.35 bits per heavy atom. The van der Waals surface area contributed by atoms with Gasteiger partial charge in [-0.3, -0.25) is 0 Å². The number of aliphatic hydroxyl groups is 1. The van der Waals surface area contributed by atoms with Gasteiger partial charge in [-0.2, -0.15) is 0 Å². The number of phenolic OH excluding ortho intramolecular Hbond substituents is 1. The van der Waals surface area contributed by atoms with E-state index in [0.717, 1.165) is 18.2 Å². The summed E-state index contributed by atoms with van der Waals surface area (Å²) in [6.45, 7) is 2.80.